The minimum absolute atomic E-state index is 0.0696. The first-order valence-corrected chi connectivity index (χ1v) is 4.74. The van der Waals surface area contributed by atoms with Crippen LogP contribution in [0.25, 0.3) is 0 Å². The fraction of sp³-hybridized carbons (Fsp3) is 0.667. The van der Waals surface area contributed by atoms with Crippen LogP contribution in [0.15, 0.2) is 17.8 Å². The lowest BCUT2D eigenvalue weighted by molar-refractivity contribution is 0.507. The molecule has 1 aliphatic heterocycles. The van der Waals surface area contributed by atoms with Crippen molar-refractivity contribution in [1.82, 2.24) is 20.2 Å². The van der Waals surface area contributed by atoms with Crippen LogP contribution in [0.3, 0.4) is 0 Å². The molecule has 0 aliphatic carbocycles. The minimum Gasteiger partial charge on any atom is -0.307 e. The average molecular weight is 193 g/mol. The maximum Gasteiger partial charge on any atom is 0.137 e. The average Bonchev–Trinajstić information content (AvgIpc) is 2.73. The summed E-state index contributed by atoms with van der Waals surface area (Å²) in [7, 11) is 0. The molecule has 1 unspecified atom stereocenters. The fourth-order valence-corrected chi connectivity index (χ4v) is 1.65. The number of hydrazone groups is 1. The Bertz CT molecular complexity index is 333. The molecule has 1 aromatic heterocycles. The van der Waals surface area contributed by atoms with Gasteiger partial charge in [-0.25, -0.2) is 9.67 Å². The van der Waals surface area contributed by atoms with E-state index in [0.717, 1.165) is 12.3 Å². The molecule has 1 N–H and O–H groups in total. The molecule has 0 amide bonds. The van der Waals surface area contributed by atoms with Crippen LogP contribution in [-0.2, 0) is 0 Å². The van der Waals surface area contributed by atoms with E-state index in [0.29, 0.717) is 0 Å². The zero-order chi connectivity index (χ0) is 10.2. The second kappa shape index (κ2) is 3.08. The summed E-state index contributed by atoms with van der Waals surface area (Å²) in [5, 5.41) is 8.47. The molecule has 5 nitrogen and oxygen atoms in total. The molecular weight excluding hydrogens is 178 g/mol. The van der Waals surface area contributed by atoms with Crippen LogP contribution in [-0.4, -0.2) is 27.0 Å². The third kappa shape index (κ3) is 1.49. The first kappa shape index (κ1) is 9.18. The van der Waals surface area contributed by atoms with Crippen molar-refractivity contribution in [2.75, 3.05) is 6.54 Å². The second-order valence-electron chi connectivity index (χ2n) is 4.50. The molecule has 76 valence electrons. The van der Waals surface area contributed by atoms with Crippen LogP contribution in [0.5, 0.6) is 0 Å². The predicted octanol–water partition coefficient (Wildman–Crippen LogP) is 0.825. The van der Waals surface area contributed by atoms with Crippen LogP contribution in [0.4, 0.5) is 0 Å². The summed E-state index contributed by atoms with van der Waals surface area (Å²) in [4.78, 5) is 3.95. The molecule has 1 atom stereocenters. The van der Waals surface area contributed by atoms with E-state index in [4.69, 9.17) is 0 Å². The molecule has 1 aliphatic rings. The summed E-state index contributed by atoms with van der Waals surface area (Å²) in [5.41, 5.74) is 4.21. The third-order valence-electron chi connectivity index (χ3n) is 2.32. The number of nitrogens with zero attached hydrogens (tertiary/aromatic N) is 4. The maximum absolute atomic E-state index is 4.32. The van der Waals surface area contributed by atoms with Gasteiger partial charge in [0.05, 0.1) is 12.3 Å². The second-order valence-corrected chi connectivity index (χ2v) is 4.50. The lowest BCUT2D eigenvalue weighted by Crippen LogP contribution is -2.30. The van der Waals surface area contributed by atoms with Gasteiger partial charge >= 0.3 is 0 Å². The monoisotopic (exact) mass is 193 g/mol. The van der Waals surface area contributed by atoms with Gasteiger partial charge in [-0.15, -0.1) is 0 Å². The van der Waals surface area contributed by atoms with Gasteiger partial charge in [-0.2, -0.15) is 10.2 Å². The molecular formula is C9H15N5. The van der Waals surface area contributed by atoms with Gasteiger partial charge in [0.1, 0.15) is 18.7 Å². The molecule has 0 aromatic carbocycles. The van der Waals surface area contributed by atoms with E-state index < -0.39 is 0 Å². The SMILES string of the molecule is CC(C)(C)C1=NNCC1n1cncn1. The molecule has 2 heterocycles. The van der Waals surface area contributed by atoms with Gasteiger partial charge in [-0.1, -0.05) is 20.8 Å². The van der Waals surface area contributed by atoms with Gasteiger partial charge < -0.3 is 5.43 Å². The van der Waals surface area contributed by atoms with E-state index in [1.165, 1.54) is 0 Å². The molecule has 0 saturated carbocycles. The summed E-state index contributed by atoms with van der Waals surface area (Å²) in [6.07, 6.45) is 3.29. The molecule has 0 saturated heterocycles. The smallest absolute Gasteiger partial charge is 0.137 e. The normalized spacial score (nSPS) is 21.9. The zero-order valence-corrected chi connectivity index (χ0v) is 8.73. The Morgan fingerprint density at radius 2 is 2.29 bits per heavy atom. The summed E-state index contributed by atoms with van der Waals surface area (Å²) in [6.45, 7) is 7.27. The lowest BCUT2D eigenvalue weighted by Gasteiger charge is -2.23. The fourth-order valence-electron chi connectivity index (χ4n) is 1.65. The Morgan fingerprint density at radius 3 is 2.86 bits per heavy atom. The van der Waals surface area contributed by atoms with Gasteiger partial charge in [0.25, 0.3) is 0 Å². The Hall–Kier alpha value is -1.39. The largest absolute Gasteiger partial charge is 0.307 e. The van der Waals surface area contributed by atoms with Crippen LogP contribution < -0.4 is 5.43 Å². The highest BCUT2D eigenvalue weighted by atomic mass is 15.4. The van der Waals surface area contributed by atoms with E-state index in [2.05, 4.69) is 41.4 Å². The van der Waals surface area contributed by atoms with Crippen LogP contribution >= 0.6 is 0 Å². The van der Waals surface area contributed by atoms with Crippen molar-refractivity contribution in [2.45, 2.75) is 26.8 Å². The maximum atomic E-state index is 4.32. The van der Waals surface area contributed by atoms with Crippen molar-refractivity contribution in [3.8, 4) is 0 Å². The van der Waals surface area contributed by atoms with E-state index >= 15 is 0 Å². The number of hydrogen-bond donors (Lipinski definition) is 1. The van der Waals surface area contributed by atoms with E-state index in [1.807, 2.05) is 4.68 Å². The molecule has 0 bridgehead atoms. The van der Waals surface area contributed by atoms with E-state index in [1.54, 1.807) is 12.7 Å². The van der Waals surface area contributed by atoms with Gasteiger partial charge in [-0.3, -0.25) is 0 Å². The van der Waals surface area contributed by atoms with Crippen molar-refractivity contribution in [1.29, 1.82) is 0 Å². The van der Waals surface area contributed by atoms with Gasteiger partial charge in [-0.05, 0) is 0 Å². The molecule has 14 heavy (non-hydrogen) atoms. The number of hydrogen-bond acceptors (Lipinski definition) is 4. The van der Waals surface area contributed by atoms with Gasteiger partial charge in [0, 0.05) is 5.41 Å². The first-order chi connectivity index (χ1) is 6.59. The van der Waals surface area contributed by atoms with Crippen LogP contribution in [0, 0.1) is 5.41 Å². The molecule has 5 heteroatoms. The lowest BCUT2D eigenvalue weighted by atomic mass is 9.86. The Balaban J connectivity index is 2.27. The van der Waals surface area contributed by atoms with Gasteiger partial charge in [0.2, 0.25) is 0 Å². The Morgan fingerprint density at radius 1 is 1.50 bits per heavy atom. The van der Waals surface area contributed by atoms with E-state index in [9.17, 15) is 0 Å². The summed E-state index contributed by atoms with van der Waals surface area (Å²) in [6, 6.07) is 0.206. The van der Waals surface area contributed by atoms with Crippen molar-refractivity contribution >= 4 is 5.71 Å². The summed E-state index contributed by atoms with van der Waals surface area (Å²) in [5.74, 6) is 0. The Labute approximate surface area is 83.2 Å². The molecule has 0 radical (unpaired) electrons. The van der Waals surface area contributed by atoms with E-state index in [-0.39, 0.29) is 11.5 Å². The highest BCUT2D eigenvalue weighted by molar-refractivity contribution is 5.93. The van der Waals surface area contributed by atoms with Crippen molar-refractivity contribution in [3.63, 3.8) is 0 Å². The molecule has 1 aromatic rings. The van der Waals surface area contributed by atoms with Crippen molar-refractivity contribution in [3.05, 3.63) is 12.7 Å². The first-order valence-electron chi connectivity index (χ1n) is 4.74. The van der Waals surface area contributed by atoms with Crippen molar-refractivity contribution in [2.24, 2.45) is 10.5 Å². The highest BCUT2D eigenvalue weighted by Gasteiger charge is 2.32. The highest BCUT2D eigenvalue weighted by Crippen LogP contribution is 2.26. The topological polar surface area (TPSA) is 55.1 Å². The predicted molar refractivity (Wildman–Crippen MR) is 54.0 cm³/mol. The standard InChI is InChI=1S/C9H15N5/c1-9(2,3)8-7(4-11-13-8)14-6-10-5-12-14/h5-7,11H,4H2,1-3H3. The number of nitrogens with one attached hydrogen (secondary N) is 1. The van der Waals surface area contributed by atoms with Crippen molar-refractivity contribution < 1.29 is 0 Å². The van der Waals surface area contributed by atoms with Crippen LogP contribution in [0.2, 0.25) is 0 Å². The third-order valence-corrected chi connectivity index (χ3v) is 2.32. The quantitative estimate of drug-likeness (QED) is 0.718. The van der Waals surface area contributed by atoms with Gasteiger partial charge in [0.15, 0.2) is 0 Å². The number of rotatable bonds is 1. The molecule has 0 fully saturated rings. The Kier molecular flexibility index (Phi) is 2.02. The van der Waals surface area contributed by atoms with Crippen LogP contribution in [0.1, 0.15) is 26.8 Å². The summed E-state index contributed by atoms with van der Waals surface area (Å²) < 4.78 is 1.85. The minimum atomic E-state index is 0.0696. The zero-order valence-electron chi connectivity index (χ0n) is 8.73. The summed E-state index contributed by atoms with van der Waals surface area (Å²) >= 11 is 0. The number of aromatic nitrogens is 3. The molecule has 0 spiro atoms. The molecule has 2 rings (SSSR count).